The van der Waals surface area contributed by atoms with Crippen LogP contribution in [-0.2, 0) is 12.8 Å². The predicted octanol–water partition coefficient (Wildman–Crippen LogP) is 3.60. The van der Waals surface area contributed by atoms with Crippen LogP contribution in [0.15, 0.2) is 24.3 Å². The van der Waals surface area contributed by atoms with Crippen LogP contribution in [-0.4, -0.2) is 0 Å². The van der Waals surface area contributed by atoms with Crippen molar-refractivity contribution in [2.45, 2.75) is 32.6 Å². The first-order chi connectivity index (χ1) is 6.42. The second kappa shape index (κ2) is 3.78. The second-order valence-electron chi connectivity index (χ2n) is 3.70. The molecule has 2 rings (SSSR count). The van der Waals surface area contributed by atoms with Gasteiger partial charge < -0.3 is 0 Å². The average Bonchev–Trinajstić information content (AvgIpc) is 2.62. The lowest BCUT2D eigenvalue weighted by Crippen LogP contribution is -1.91. The number of benzene rings is 1. The maximum Gasteiger partial charge on any atom is -0.00881 e. The van der Waals surface area contributed by atoms with Gasteiger partial charge in [-0.3, -0.25) is 0 Å². The molecule has 0 saturated heterocycles. The van der Waals surface area contributed by atoms with E-state index in [4.69, 9.17) is 0 Å². The SMILES string of the molecule is CCCCc1cccc2c1C=CC2. The minimum atomic E-state index is 1.13. The Morgan fingerprint density at radius 2 is 2.23 bits per heavy atom. The molecule has 0 heteroatoms. The van der Waals surface area contributed by atoms with Gasteiger partial charge in [0.05, 0.1) is 0 Å². The van der Waals surface area contributed by atoms with E-state index in [-0.39, 0.29) is 0 Å². The zero-order valence-corrected chi connectivity index (χ0v) is 8.22. The standard InChI is InChI=1S/C13H16/c1-2-3-6-11-7-4-8-12-9-5-10-13(11)12/h4-5,7-8,10H,2-3,6,9H2,1H3. The molecule has 0 fully saturated rings. The summed E-state index contributed by atoms with van der Waals surface area (Å²) in [5.74, 6) is 0. The quantitative estimate of drug-likeness (QED) is 0.653. The smallest absolute Gasteiger partial charge is 0.00881 e. The normalized spacial score (nSPS) is 13.3. The van der Waals surface area contributed by atoms with E-state index in [0.29, 0.717) is 0 Å². The molecule has 1 aromatic carbocycles. The zero-order valence-electron chi connectivity index (χ0n) is 8.22. The first-order valence-corrected chi connectivity index (χ1v) is 5.19. The highest BCUT2D eigenvalue weighted by atomic mass is 14.1. The van der Waals surface area contributed by atoms with Crippen LogP contribution in [0.5, 0.6) is 0 Å². The molecule has 68 valence electrons. The van der Waals surface area contributed by atoms with Gasteiger partial charge in [-0.25, -0.2) is 0 Å². The third-order valence-corrected chi connectivity index (χ3v) is 2.71. The van der Waals surface area contributed by atoms with Crippen molar-refractivity contribution in [1.82, 2.24) is 0 Å². The van der Waals surface area contributed by atoms with Crippen molar-refractivity contribution in [3.05, 3.63) is 41.0 Å². The van der Waals surface area contributed by atoms with E-state index in [9.17, 15) is 0 Å². The Morgan fingerprint density at radius 3 is 3.08 bits per heavy atom. The largest absolute Gasteiger partial charge is 0.0795 e. The maximum absolute atomic E-state index is 2.28. The van der Waals surface area contributed by atoms with Crippen LogP contribution < -0.4 is 0 Å². The van der Waals surface area contributed by atoms with E-state index in [1.165, 1.54) is 36.0 Å². The molecule has 0 aromatic heterocycles. The number of hydrogen-bond donors (Lipinski definition) is 0. The van der Waals surface area contributed by atoms with Crippen LogP contribution in [0.1, 0.15) is 36.5 Å². The van der Waals surface area contributed by atoms with Gasteiger partial charge in [-0.05, 0) is 36.0 Å². The van der Waals surface area contributed by atoms with Crippen LogP contribution in [0.25, 0.3) is 6.08 Å². The van der Waals surface area contributed by atoms with Crippen molar-refractivity contribution >= 4 is 6.08 Å². The maximum atomic E-state index is 2.28. The van der Waals surface area contributed by atoms with Gasteiger partial charge in [0.25, 0.3) is 0 Å². The molecule has 0 radical (unpaired) electrons. The molecule has 1 aliphatic carbocycles. The van der Waals surface area contributed by atoms with Gasteiger partial charge in [0.2, 0.25) is 0 Å². The summed E-state index contributed by atoms with van der Waals surface area (Å²) in [6.45, 7) is 2.25. The van der Waals surface area contributed by atoms with Gasteiger partial charge in [0, 0.05) is 0 Å². The Hall–Kier alpha value is -1.04. The summed E-state index contributed by atoms with van der Waals surface area (Å²) in [6, 6.07) is 6.70. The minimum absolute atomic E-state index is 1.13. The number of unbranched alkanes of at least 4 members (excludes halogenated alkanes) is 1. The van der Waals surface area contributed by atoms with E-state index < -0.39 is 0 Å². The summed E-state index contributed by atoms with van der Waals surface area (Å²) >= 11 is 0. The average molecular weight is 172 g/mol. The molecule has 0 heterocycles. The number of hydrogen-bond acceptors (Lipinski definition) is 0. The van der Waals surface area contributed by atoms with Crippen LogP contribution in [0, 0.1) is 0 Å². The van der Waals surface area contributed by atoms with Gasteiger partial charge in [-0.1, -0.05) is 43.7 Å². The Balaban J connectivity index is 2.25. The summed E-state index contributed by atoms with van der Waals surface area (Å²) in [5, 5.41) is 0. The Kier molecular flexibility index (Phi) is 2.49. The van der Waals surface area contributed by atoms with Crippen LogP contribution in [0.3, 0.4) is 0 Å². The first-order valence-electron chi connectivity index (χ1n) is 5.19. The van der Waals surface area contributed by atoms with Crippen LogP contribution in [0.4, 0.5) is 0 Å². The van der Waals surface area contributed by atoms with Crippen molar-refractivity contribution in [3.63, 3.8) is 0 Å². The molecule has 13 heavy (non-hydrogen) atoms. The van der Waals surface area contributed by atoms with E-state index in [1.807, 2.05) is 0 Å². The predicted molar refractivity (Wildman–Crippen MR) is 57.8 cm³/mol. The second-order valence-corrected chi connectivity index (χ2v) is 3.70. The van der Waals surface area contributed by atoms with E-state index in [1.54, 1.807) is 0 Å². The highest BCUT2D eigenvalue weighted by Gasteiger charge is 2.07. The Morgan fingerprint density at radius 1 is 1.31 bits per heavy atom. The zero-order chi connectivity index (χ0) is 9.10. The number of allylic oxidation sites excluding steroid dienone is 1. The summed E-state index contributed by atoms with van der Waals surface area (Å²) < 4.78 is 0. The molecule has 1 aromatic rings. The fourth-order valence-electron chi connectivity index (χ4n) is 1.95. The molecule has 0 bridgehead atoms. The summed E-state index contributed by atoms with van der Waals surface area (Å²) in [7, 11) is 0. The van der Waals surface area contributed by atoms with Crippen LogP contribution in [0.2, 0.25) is 0 Å². The van der Waals surface area contributed by atoms with Crippen molar-refractivity contribution < 1.29 is 0 Å². The van der Waals surface area contributed by atoms with Crippen molar-refractivity contribution in [2.24, 2.45) is 0 Å². The Bertz CT molecular complexity index is 321. The van der Waals surface area contributed by atoms with Gasteiger partial charge in [0.1, 0.15) is 0 Å². The lowest BCUT2D eigenvalue weighted by atomic mass is 9.99. The highest BCUT2D eigenvalue weighted by Crippen LogP contribution is 2.24. The summed E-state index contributed by atoms with van der Waals surface area (Å²) in [6.07, 6.45) is 9.51. The molecule has 0 atom stereocenters. The summed E-state index contributed by atoms with van der Waals surface area (Å²) in [5.41, 5.74) is 4.54. The molecule has 0 aliphatic heterocycles. The molecule has 0 nitrogen and oxygen atoms in total. The molecule has 0 saturated carbocycles. The van der Waals surface area contributed by atoms with Crippen molar-refractivity contribution in [2.75, 3.05) is 0 Å². The van der Waals surface area contributed by atoms with E-state index in [2.05, 4.69) is 37.3 Å². The highest BCUT2D eigenvalue weighted by molar-refractivity contribution is 5.63. The lowest BCUT2D eigenvalue weighted by Gasteiger charge is -2.06. The fourth-order valence-corrected chi connectivity index (χ4v) is 1.95. The van der Waals surface area contributed by atoms with Crippen LogP contribution >= 0.6 is 0 Å². The van der Waals surface area contributed by atoms with Crippen molar-refractivity contribution in [3.8, 4) is 0 Å². The lowest BCUT2D eigenvalue weighted by molar-refractivity contribution is 0.793. The third kappa shape index (κ3) is 1.67. The molecular weight excluding hydrogens is 156 g/mol. The monoisotopic (exact) mass is 172 g/mol. The molecule has 0 N–H and O–H groups in total. The number of rotatable bonds is 3. The molecule has 0 unspecified atom stereocenters. The van der Waals surface area contributed by atoms with Crippen molar-refractivity contribution in [1.29, 1.82) is 0 Å². The number of aryl methyl sites for hydroxylation is 1. The molecule has 0 spiro atoms. The fraction of sp³-hybridized carbons (Fsp3) is 0.385. The Labute approximate surface area is 80.3 Å². The van der Waals surface area contributed by atoms with Gasteiger partial charge >= 0.3 is 0 Å². The topological polar surface area (TPSA) is 0 Å². The first kappa shape index (κ1) is 8.55. The molecular formula is C13H16. The molecule has 1 aliphatic rings. The van der Waals surface area contributed by atoms with Gasteiger partial charge in [0.15, 0.2) is 0 Å². The third-order valence-electron chi connectivity index (χ3n) is 2.71. The van der Waals surface area contributed by atoms with Gasteiger partial charge in [-0.2, -0.15) is 0 Å². The summed E-state index contributed by atoms with van der Waals surface area (Å²) in [4.78, 5) is 0. The minimum Gasteiger partial charge on any atom is -0.0795 e. The van der Waals surface area contributed by atoms with E-state index >= 15 is 0 Å². The number of fused-ring (bicyclic) bond motifs is 1. The van der Waals surface area contributed by atoms with E-state index in [0.717, 1.165) is 6.42 Å². The molecule has 0 amide bonds. The van der Waals surface area contributed by atoms with Gasteiger partial charge in [-0.15, -0.1) is 0 Å².